The van der Waals surface area contributed by atoms with Gasteiger partial charge in [0.1, 0.15) is 0 Å². The minimum Gasteiger partial charge on any atom is -0.465 e. The molecular formula is C20H20N2O3S. The minimum atomic E-state index is -0.365. The molecule has 1 heterocycles. The first kappa shape index (κ1) is 18.1. The van der Waals surface area contributed by atoms with Gasteiger partial charge in [0.05, 0.1) is 27.9 Å². The van der Waals surface area contributed by atoms with Gasteiger partial charge in [0.2, 0.25) is 5.91 Å². The molecule has 0 atom stereocenters. The molecule has 5 nitrogen and oxygen atoms in total. The van der Waals surface area contributed by atoms with E-state index in [9.17, 15) is 9.59 Å². The summed E-state index contributed by atoms with van der Waals surface area (Å²) in [6.07, 6.45) is 2.05. The van der Waals surface area contributed by atoms with Crippen LogP contribution in [0.25, 0.3) is 10.2 Å². The number of aryl methyl sites for hydroxylation is 1. The zero-order valence-corrected chi connectivity index (χ0v) is 15.3. The molecule has 0 fully saturated rings. The molecule has 0 aliphatic rings. The lowest BCUT2D eigenvalue weighted by atomic mass is 10.1. The number of rotatable bonds is 7. The molecular weight excluding hydrogens is 348 g/mol. The Morgan fingerprint density at radius 1 is 1.12 bits per heavy atom. The van der Waals surface area contributed by atoms with E-state index < -0.39 is 0 Å². The Morgan fingerprint density at radius 3 is 2.62 bits per heavy atom. The molecule has 3 rings (SSSR count). The van der Waals surface area contributed by atoms with E-state index in [1.807, 2.05) is 30.3 Å². The number of amides is 1. The third-order valence-corrected chi connectivity index (χ3v) is 5.09. The van der Waals surface area contributed by atoms with Crippen molar-refractivity contribution >= 4 is 33.4 Å². The highest BCUT2D eigenvalue weighted by Gasteiger charge is 2.07. The number of carbonyl (C=O) groups is 2. The van der Waals surface area contributed by atoms with Gasteiger partial charge in [0.25, 0.3) is 0 Å². The third kappa shape index (κ3) is 4.67. The van der Waals surface area contributed by atoms with E-state index in [4.69, 9.17) is 0 Å². The molecule has 0 unspecified atom stereocenters. The highest BCUT2D eigenvalue weighted by molar-refractivity contribution is 7.18. The molecule has 0 aliphatic heterocycles. The number of hydrogen-bond acceptors (Lipinski definition) is 5. The van der Waals surface area contributed by atoms with Gasteiger partial charge in [-0.3, -0.25) is 4.79 Å². The molecule has 3 aromatic rings. The van der Waals surface area contributed by atoms with E-state index in [0.29, 0.717) is 18.5 Å². The minimum absolute atomic E-state index is 0.0168. The molecule has 2 aromatic carbocycles. The number of nitrogens with one attached hydrogen (secondary N) is 1. The first-order valence-electron chi connectivity index (χ1n) is 8.44. The Hall–Kier alpha value is -2.73. The number of esters is 1. The topological polar surface area (TPSA) is 68.3 Å². The average Bonchev–Trinajstić information content (AvgIpc) is 3.09. The van der Waals surface area contributed by atoms with Crippen molar-refractivity contribution in [1.29, 1.82) is 0 Å². The summed E-state index contributed by atoms with van der Waals surface area (Å²) in [7, 11) is 1.35. The number of thiazole rings is 1. The van der Waals surface area contributed by atoms with Crippen LogP contribution >= 0.6 is 11.3 Å². The standard InChI is InChI=1S/C20H20N2O3S/c1-25-20(24)15-11-9-14(10-12-15)13-21-18(23)7-4-8-19-22-16-5-2-3-6-17(16)26-19/h2-3,5-6,9-12H,4,7-8,13H2,1H3,(H,21,23). The summed E-state index contributed by atoms with van der Waals surface area (Å²) in [6.45, 7) is 0.446. The lowest BCUT2D eigenvalue weighted by molar-refractivity contribution is -0.121. The van der Waals surface area contributed by atoms with Crippen molar-refractivity contribution in [3.63, 3.8) is 0 Å². The summed E-state index contributed by atoms with van der Waals surface area (Å²) in [6, 6.07) is 15.1. The van der Waals surface area contributed by atoms with Crippen LogP contribution in [0.2, 0.25) is 0 Å². The van der Waals surface area contributed by atoms with E-state index in [1.165, 1.54) is 11.8 Å². The molecule has 1 aromatic heterocycles. The van der Waals surface area contributed by atoms with Gasteiger partial charge in [0, 0.05) is 13.0 Å². The van der Waals surface area contributed by atoms with E-state index in [-0.39, 0.29) is 11.9 Å². The molecule has 26 heavy (non-hydrogen) atoms. The molecule has 134 valence electrons. The van der Waals surface area contributed by atoms with E-state index in [0.717, 1.165) is 28.9 Å². The Morgan fingerprint density at radius 2 is 1.88 bits per heavy atom. The summed E-state index contributed by atoms with van der Waals surface area (Å²) < 4.78 is 5.84. The molecule has 1 N–H and O–H groups in total. The average molecular weight is 368 g/mol. The van der Waals surface area contributed by atoms with Gasteiger partial charge in [-0.15, -0.1) is 11.3 Å². The van der Waals surface area contributed by atoms with Crippen molar-refractivity contribution in [1.82, 2.24) is 10.3 Å². The fraction of sp³-hybridized carbons (Fsp3) is 0.250. The predicted octanol–water partition coefficient (Wildman–Crippen LogP) is 3.72. The maximum Gasteiger partial charge on any atom is 0.337 e. The molecule has 0 radical (unpaired) electrons. The zero-order valence-electron chi connectivity index (χ0n) is 14.5. The van der Waals surface area contributed by atoms with Crippen LogP contribution in [0.3, 0.4) is 0 Å². The number of benzene rings is 2. The number of nitrogens with zero attached hydrogens (tertiary/aromatic N) is 1. The quantitative estimate of drug-likeness (QED) is 0.645. The molecule has 0 spiro atoms. The summed E-state index contributed by atoms with van der Waals surface area (Å²) in [4.78, 5) is 28.0. The SMILES string of the molecule is COC(=O)c1ccc(CNC(=O)CCCc2nc3ccccc3s2)cc1. The maximum atomic E-state index is 12.0. The Labute approximate surface area is 156 Å². The summed E-state index contributed by atoms with van der Waals surface area (Å²) >= 11 is 1.68. The van der Waals surface area contributed by atoms with Crippen LogP contribution < -0.4 is 5.32 Å². The predicted molar refractivity (Wildman–Crippen MR) is 102 cm³/mol. The third-order valence-electron chi connectivity index (χ3n) is 4.00. The normalized spacial score (nSPS) is 10.7. The number of fused-ring (bicyclic) bond motifs is 1. The van der Waals surface area contributed by atoms with Crippen molar-refractivity contribution < 1.29 is 14.3 Å². The molecule has 0 aliphatic carbocycles. The number of para-hydroxylation sites is 1. The smallest absolute Gasteiger partial charge is 0.337 e. The second-order valence-electron chi connectivity index (χ2n) is 5.89. The first-order chi connectivity index (χ1) is 12.7. The fourth-order valence-corrected chi connectivity index (χ4v) is 3.60. The van der Waals surface area contributed by atoms with E-state index in [2.05, 4.69) is 21.1 Å². The molecule has 6 heteroatoms. The van der Waals surface area contributed by atoms with Gasteiger partial charge in [-0.2, -0.15) is 0 Å². The monoisotopic (exact) mass is 368 g/mol. The van der Waals surface area contributed by atoms with Crippen LogP contribution in [0.4, 0.5) is 0 Å². The fourth-order valence-electron chi connectivity index (χ4n) is 2.59. The van der Waals surface area contributed by atoms with Crippen molar-refractivity contribution in [3.8, 4) is 0 Å². The van der Waals surface area contributed by atoms with Crippen LogP contribution in [0.1, 0.15) is 33.8 Å². The zero-order chi connectivity index (χ0) is 18.4. The van der Waals surface area contributed by atoms with Gasteiger partial charge < -0.3 is 10.1 Å². The number of aromatic nitrogens is 1. The lowest BCUT2D eigenvalue weighted by Crippen LogP contribution is -2.22. The van der Waals surface area contributed by atoms with Crippen LogP contribution in [0.15, 0.2) is 48.5 Å². The van der Waals surface area contributed by atoms with Crippen molar-refractivity contribution in [2.45, 2.75) is 25.8 Å². The van der Waals surface area contributed by atoms with Gasteiger partial charge >= 0.3 is 5.97 Å². The van der Waals surface area contributed by atoms with Crippen molar-refractivity contribution in [3.05, 3.63) is 64.7 Å². The summed E-state index contributed by atoms with van der Waals surface area (Å²) in [5.41, 5.74) is 2.46. The van der Waals surface area contributed by atoms with Gasteiger partial charge in [-0.1, -0.05) is 24.3 Å². The number of carbonyl (C=O) groups excluding carboxylic acids is 2. The molecule has 0 saturated heterocycles. The number of methoxy groups -OCH3 is 1. The summed E-state index contributed by atoms with van der Waals surface area (Å²) in [5.74, 6) is -0.349. The van der Waals surface area contributed by atoms with Crippen molar-refractivity contribution in [2.24, 2.45) is 0 Å². The lowest BCUT2D eigenvalue weighted by Gasteiger charge is -2.06. The Kier molecular flexibility index (Phi) is 5.96. The Balaban J connectivity index is 1.42. The molecule has 0 saturated carbocycles. The highest BCUT2D eigenvalue weighted by atomic mass is 32.1. The van der Waals surface area contributed by atoms with Crippen molar-refractivity contribution in [2.75, 3.05) is 7.11 Å². The van der Waals surface area contributed by atoms with Crippen LogP contribution in [-0.2, 0) is 22.5 Å². The van der Waals surface area contributed by atoms with E-state index >= 15 is 0 Å². The second-order valence-corrected chi connectivity index (χ2v) is 7.01. The van der Waals surface area contributed by atoms with Crippen LogP contribution in [-0.4, -0.2) is 24.0 Å². The maximum absolute atomic E-state index is 12.0. The largest absolute Gasteiger partial charge is 0.465 e. The van der Waals surface area contributed by atoms with Gasteiger partial charge in [0.15, 0.2) is 0 Å². The first-order valence-corrected chi connectivity index (χ1v) is 9.26. The number of ether oxygens (including phenoxy) is 1. The molecule has 0 bridgehead atoms. The van der Waals surface area contributed by atoms with Crippen LogP contribution in [0.5, 0.6) is 0 Å². The van der Waals surface area contributed by atoms with E-state index in [1.54, 1.807) is 23.5 Å². The highest BCUT2D eigenvalue weighted by Crippen LogP contribution is 2.22. The van der Waals surface area contributed by atoms with Gasteiger partial charge in [-0.05, 0) is 42.7 Å². The Bertz CT molecular complexity index is 870. The van der Waals surface area contributed by atoms with Gasteiger partial charge in [-0.25, -0.2) is 9.78 Å². The summed E-state index contributed by atoms with van der Waals surface area (Å²) in [5, 5.41) is 3.97. The second kappa shape index (κ2) is 8.58. The number of hydrogen-bond donors (Lipinski definition) is 1. The van der Waals surface area contributed by atoms with Crippen LogP contribution in [0, 0.1) is 0 Å². The molecule has 1 amide bonds.